The van der Waals surface area contributed by atoms with Crippen LogP contribution in [0.15, 0.2) is 47.1 Å². The number of carbonyl (C=O) groups is 2. The van der Waals surface area contributed by atoms with Crippen LogP contribution >= 0.6 is 11.8 Å². The van der Waals surface area contributed by atoms with E-state index in [-0.39, 0.29) is 11.7 Å². The Balaban J connectivity index is 1.93. The summed E-state index contributed by atoms with van der Waals surface area (Å²) in [5.74, 6) is -0.403. The third-order valence-corrected chi connectivity index (χ3v) is 4.38. The average molecular weight is 303 g/mol. The van der Waals surface area contributed by atoms with E-state index in [0.717, 1.165) is 5.56 Å². The van der Waals surface area contributed by atoms with Gasteiger partial charge in [0.2, 0.25) is 0 Å². The largest absolute Gasteiger partial charge is 0.480 e. The normalized spacial score (nSPS) is 17.9. The van der Waals surface area contributed by atoms with Gasteiger partial charge in [0, 0.05) is 11.3 Å². The number of thioether (sulfide) groups is 1. The molecule has 1 saturated heterocycles. The van der Waals surface area contributed by atoms with Crippen LogP contribution < -0.4 is 0 Å². The molecule has 6 heteroatoms. The average Bonchev–Trinajstić information content (AvgIpc) is 3.16. The quantitative estimate of drug-likeness (QED) is 0.943. The molecule has 5 nitrogen and oxygen atoms in total. The Kier molecular flexibility index (Phi) is 3.70. The summed E-state index contributed by atoms with van der Waals surface area (Å²) in [4.78, 5) is 25.1. The molecule has 1 unspecified atom stereocenters. The fourth-order valence-corrected chi connectivity index (χ4v) is 3.44. The van der Waals surface area contributed by atoms with Crippen LogP contribution in [0.1, 0.15) is 10.6 Å². The highest BCUT2D eigenvalue weighted by Gasteiger charge is 2.37. The van der Waals surface area contributed by atoms with Gasteiger partial charge in [0.1, 0.15) is 6.04 Å². The lowest BCUT2D eigenvalue weighted by Gasteiger charge is -2.19. The molecule has 108 valence electrons. The second kappa shape index (κ2) is 5.65. The van der Waals surface area contributed by atoms with Crippen LogP contribution in [0.5, 0.6) is 0 Å². The van der Waals surface area contributed by atoms with E-state index in [1.54, 1.807) is 6.07 Å². The molecule has 1 atom stereocenters. The zero-order chi connectivity index (χ0) is 14.8. The van der Waals surface area contributed by atoms with Crippen molar-refractivity contribution >= 4 is 23.6 Å². The molecule has 3 rings (SSSR count). The van der Waals surface area contributed by atoms with Gasteiger partial charge in [0.25, 0.3) is 5.91 Å². The second-order valence-corrected chi connectivity index (χ2v) is 5.66. The Morgan fingerprint density at radius 3 is 2.71 bits per heavy atom. The standard InChI is InChI=1S/C15H13NO4S/c17-14(16-9-21-8-12(16)15(18)19)13-11(6-7-20-13)10-4-2-1-3-5-10/h1-7,12H,8-9H2,(H,18,19). The second-order valence-electron chi connectivity index (χ2n) is 4.66. The molecule has 0 aliphatic carbocycles. The Morgan fingerprint density at radius 1 is 1.24 bits per heavy atom. The zero-order valence-electron chi connectivity index (χ0n) is 11.1. The fraction of sp³-hybridized carbons (Fsp3) is 0.200. The molecule has 0 spiro atoms. The Labute approximate surface area is 125 Å². The first-order valence-corrected chi connectivity index (χ1v) is 7.58. The first-order valence-electron chi connectivity index (χ1n) is 6.43. The molecule has 0 bridgehead atoms. The van der Waals surface area contributed by atoms with E-state index >= 15 is 0 Å². The van der Waals surface area contributed by atoms with E-state index in [2.05, 4.69) is 0 Å². The highest BCUT2D eigenvalue weighted by Crippen LogP contribution is 2.29. The molecular formula is C15H13NO4S. The lowest BCUT2D eigenvalue weighted by Crippen LogP contribution is -2.41. The monoisotopic (exact) mass is 303 g/mol. The van der Waals surface area contributed by atoms with Crippen LogP contribution in [-0.2, 0) is 4.79 Å². The van der Waals surface area contributed by atoms with Crippen LogP contribution in [0.25, 0.3) is 11.1 Å². The highest BCUT2D eigenvalue weighted by atomic mass is 32.2. The summed E-state index contributed by atoms with van der Waals surface area (Å²) >= 11 is 1.43. The van der Waals surface area contributed by atoms with E-state index in [0.29, 0.717) is 17.2 Å². The Morgan fingerprint density at radius 2 is 2.00 bits per heavy atom. The van der Waals surface area contributed by atoms with E-state index in [9.17, 15) is 14.7 Å². The summed E-state index contributed by atoms with van der Waals surface area (Å²) < 4.78 is 5.33. The predicted molar refractivity (Wildman–Crippen MR) is 79.1 cm³/mol. The van der Waals surface area contributed by atoms with Gasteiger partial charge in [-0.25, -0.2) is 4.79 Å². The smallest absolute Gasteiger partial charge is 0.327 e. The van der Waals surface area contributed by atoms with Gasteiger partial charge in [0.15, 0.2) is 5.76 Å². The number of carboxylic acids is 1. The topological polar surface area (TPSA) is 70.8 Å². The van der Waals surface area contributed by atoms with Crippen molar-refractivity contribution in [2.75, 3.05) is 11.6 Å². The number of rotatable bonds is 3. The number of amides is 1. The van der Waals surface area contributed by atoms with E-state index in [1.165, 1.54) is 22.9 Å². The minimum absolute atomic E-state index is 0.190. The molecule has 1 amide bonds. The molecule has 21 heavy (non-hydrogen) atoms. The van der Waals surface area contributed by atoms with Crippen molar-refractivity contribution in [2.24, 2.45) is 0 Å². The molecule has 0 saturated carbocycles. The minimum Gasteiger partial charge on any atom is -0.480 e. The first kappa shape index (κ1) is 13.8. The number of aliphatic carboxylic acids is 1. The molecule has 1 aliphatic rings. The van der Waals surface area contributed by atoms with Crippen LogP contribution in [0.3, 0.4) is 0 Å². The third-order valence-electron chi connectivity index (χ3n) is 3.37. The number of furan rings is 1. The first-order chi connectivity index (χ1) is 10.2. The van der Waals surface area contributed by atoms with E-state index in [1.807, 2.05) is 30.3 Å². The molecule has 1 aliphatic heterocycles. The maximum absolute atomic E-state index is 12.6. The zero-order valence-corrected chi connectivity index (χ0v) is 11.9. The highest BCUT2D eigenvalue weighted by molar-refractivity contribution is 7.99. The molecule has 2 heterocycles. The van der Waals surface area contributed by atoms with E-state index < -0.39 is 12.0 Å². The van der Waals surface area contributed by atoms with Crippen molar-refractivity contribution in [3.8, 4) is 11.1 Å². The van der Waals surface area contributed by atoms with Gasteiger partial charge in [0.05, 0.1) is 12.1 Å². The Hall–Kier alpha value is -2.21. The van der Waals surface area contributed by atoms with Gasteiger partial charge in [-0.1, -0.05) is 30.3 Å². The molecule has 0 radical (unpaired) electrons. The van der Waals surface area contributed by atoms with Gasteiger partial charge in [-0.3, -0.25) is 4.79 Å². The lowest BCUT2D eigenvalue weighted by atomic mass is 10.1. The van der Waals surface area contributed by atoms with Crippen molar-refractivity contribution in [3.63, 3.8) is 0 Å². The number of hydrogen-bond donors (Lipinski definition) is 1. The number of nitrogens with zero attached hydrogens (tertiary/aromatic N) is 1. The van der Waals surface area contributed by atoms with Crippen molar-refractivity contribution < 1.29 is 19.1 Å². The summed E-state index contributed by atoms with van der Waals surface area (Å²) in [5, 5.41) is 9.18. The maximum Gasteiger partial charge on any atom is 0.327 e. The molecule has 1 N–H and O–H groups in total. The fourth-order valence-electron chi connectivity index (χ4n) is 2.30. The summed E-state index contributed by atoms with van der Waals surface area (Å²) in [6, 6.07) is 10.3. The predicted octanol–water partition coefficient (Wildman–Crippen LogP) is 2.55. The molecule has 1 aromatic carbocycles. The van der Waals surface area contributed by atoms with Crippen molar-refractivity contribution in [1.29, 1.82) is 0 Å². The van der Waals surface area contributed by atoms with Crippen molar-refractivity contribution in [3.05, 3.63) is 48.4 Å². The van der Waals surface area contributed by atoms with Crippen molar-refractivity contribution in [2.45, 2.75) is 6.04 Å². The summed E-state index contributed by atoms with van der Waals surface area (Å²) in [6.07, 6.45) is 1.45. The van der Waals surface area contributed by atoms with Crippen LogP contribution in [0.2, 0.25) is 0 Å². The maximum atomic E-state index is 12.6. The number of carboxylic acid groups (broad SMARTS) is 1. The van der Waals surface area contributed by atoms with Gasteiger partial charge in [-0.2, -0.15) is 0 Å². The van der Waals surface area contributed by atoms with Crippen LogP contribution in [0, 0.1) is 0 Å². The SMILES string of the molecule is O=C(O)C1CSCN1C(=O)c1occc1-c1ccccc1. The van der Waals surface area contributed by atoms with Crippen LogP contribution in [0.4, 0.5) is 0 Å². The van der Waals surface area contributed by atoms with E-state index in [4.69, 9.17) is 4.42 Å². The molecule has 1 aromatic heterocycles. The summed E-state index contributed by atoms with van der Waals surface area (Å²) in [5.41, 5.74) is 1.55. The minimum atomic E-state index is -0.985. The third kappa shape index (κ3) is 2.54. The molecule has 2 aromatic rings. The lowest BCUT2D eigenvalue weighted by molar-refractivity contribution is -0.140. The van der Waals surface area contributed by atoms with Gasteiger partial charge >= 0.3 is 5.97 Å². The molecule has 1 fully saturated rings. The van der Waals surface area contributed by atoms with Gasteiger partial charge < -0.3 is 14.4 Å². The van der Waals surface area contributed by atoms with Crippen molar-refractivity contribution in [1.82, 2.24) is 4.90 Å². The summed E-state index contributed by atoms with van der Waals surface area (Å²) in [7, 11) is 0. The van der Waals surface area contributed by atoms with Crippen LogP contribution in [-0.4, -0.2) is 39.6 Å². The summed E-state index contributed by atoms with van der Waals surface area (Å²) in [6.45, 7) is 0. The number of hydrogen-bond acceptors (Lipinski definition) is 4. The number of benzene rings is 1. The van der Waals surface area contributed by atoms with Gasteiger partial charge in [-0.15, -0.1) is 11.8 Å². The molecular weight excluding hydrogens is 290 g/mol. The van der Waals surface area contributed by atoms with Gasteiger partial charge in [-0.05, 0) is 11.6 Å². The number of carbonyl (C=O) groups excluding carboxylic acids is 1. The Bertz CT molecular complexity index is 667.